The highest BCUT2D eigenvalue weighted by molar-refractivity contribution is 5.94. The number of hydrogen-bond acceptors (Lipinski definition) is 5. The summed E-state index contributed by atoms with van der Waals surface area (Å²) in [6.07, 6.45) is 4.87. The monoisotopic (exact) mass is 394 g/mol. The van der Waals surface area contributed by atoms with Gasteiger partial charge in [-0.05, 0) is 26.0 Å². The van der Waals surface area contributed by atoms with E-state index in [0.29, 0.717) is 18.8 Å². The number of H-pyrrole nitrogens is 1. The van der Waals surface area contributed by atoms with Crippen molar-refractivity contribution in [2.75, 3.05) is 26.2 Å². The average Bonchev–Trinajstić information content (AvgIpc) is 3.31. The van der Waals surface area contributed by atoms with E-state index in [1.807, 2.05) is 47.5 Å². The van der Waals surface area contributed by atoms with Crippen LogP contribution in [0.4, 0.5) is 0 Å². The van der Waals surface area contributed by atoms with Crippen molar-refractivity contribution in [2.24, 2.45) is 0 Å². The quantitative estimate of drug-likeness (QED) is 0.736. The molecule has 1 amide bonds. The lowest BCUT2D eigenvalue weighted by Gasteiger charge is -2.34. The number of ether oxygens (including phenoxy) is 1. The van der Waals surface area contributed by atoms with Gasteiger partial charge in [0.25, 0.3) is 5.91 Å². The zero-order valence-corrected chi connectivity index (χ0v) is 16.8. The van der Waals surface area contributed by atoms with E-state index in [4.69, 9.17) is 4.74 Å². The first kappa shape index (κ1) is 18.3. The zero-order valence-electron chi connectivity index (χ0n) is 16.8. The molecule has 3 aromatic heterocycles. The molecule has 29 heavy (non-hydrogen) atoms. The molecule has 3 aromatic rings. The molecule has 0 bridgehead atoms. The van der Waals surface area contributed by atoms with Crippen LogP contribution < -0.4 is 0 Å². The van der Waals surface area contributed by atoms with Crippen molar-refractivity contribution in [1.82, 2.24) is 29.4 Å². The molecule has 5 rings (SSSR count). The number of carbonyl (C=O) groups excluding carboxylic acids is 1. The van der Waals surface area contributed by atoms with Crippen molar-refractivity contribution in [1.29, 1.82) is 0 Å². The number of imidazole rings is 1. The molecule has 2 atom stereocenters. The molecule has 0 aromatic carbocycles. The van der Waals surface area contributed by atoms with Gasteiger partial charge < -0.3 is 14.0 Å². The molecule has 0 radical (unpaired) electrons. The minimum Gasteiger partial charge on any atom is -0.369 e. The van der Waals surface area contributed by atoms with Gasteiger partial charge in [0, 0.05) is 57.1 Å². The number of piperazine rings is 1. The van der Waals surface area contributed by atoms with E-state index in [9.17, 15) is 4.79 Å². The van der Waals surface area contributed by atoms with Gasteiger partial charge in [-0.15, -0.1) is 0 Å². The second-order valence-electron chi connectivity index (χ2n) is 8.02. The van der Waals surface area contributed by atoms with Crippen LogP contribution in [0.3, 0.4) is 0 Å². The number of nitrogens with one attached hydrogen (secondary N) is 1. The molecule has 1 fully saturated rings. The minimum absolute atomic E-state index is 0.0242. The Kier molecular flexibility index (Phi) is 4.60. The Morgan fingerprint density at radius 3 is 2.86 bits per heavy atom. The van der Waals surface area contributed by atoms with Crippen LogP contribution in [0.15, 0.2) is 30.6 Å². The SMILES string of the molecule is C[C@@H]1Cc2c(C(=O)N3CCN(Cc4cn5ccccc5n4)CC3)n[nH]c2[C@H](C)O1. The third-order valence-electron chi connectivity index (χ3n) is 5.90. The summed E-state index contributed by atoms with van der Waals surface area (Å²) in [5.74, 6) is 0.0242. The lowest BCUT2D eigenvalue weighted by atomic mass is 9.99. The molecule has 2 aliphatic rings. The fourth-order valence-corrected chi connectivity index (χ4v) is 4.40. The van der Waals surface area contributed by atoms with Crippen molar-refractivity contribution in [3.63, 3.8) is 0 Å². The van der Waals surface area contributed by atoms with Gasteiger partial charge in [-0.25, -0.2) is 4.98 Å². The molecule has 0 saturated carbocycles. The Balaban J connectivity index is 1.23. The van der Waals surface area contributed by atoms with Crippen molar-refractivity contribution >= 4 is 11.6 Å². The highest BCUT2D eigenvalue weighted by atomic mass is 16.5. The van der Waals surface area contributed by atoms with Gasteiger partial charge in [0.1, 0.15) is 5.65 Å². The zero-order chi connectivity index (χ0) is 20.0. The first-order chi connectivity index (χ1) is 14.1. The molecule has 1 N–H and O–H groups in total. The number of hydrogen-bond donors (Lipinski definition) is 1. The van der Waals surface area contributed by atoms with Crippen LogP contribution >= 0.6 is 0 Å². The van der Waals surface area contributed by atoms with Crippen LogP contribution in [-0.4, -0.2) is 67.6 Å². The maximum Gasteiger partial charge on any atom is 0.274 e. The normalized spacial score (nSPS) is 22.8. The number of fused-ring (bicyclic) bond motifs is 2. The summed E-state index contributed by atoms with van der Waals surface area (Å²) in [5, 5.41) is 7.37. The fraction of sp³-hybridized carbons (Fsp3) is 0.476. The maximum atomic E-state index is 13.1. The molecular weight excluding hydrogens is 368 g/mol. The fourth-order valence-electron chi connectivity index (χ4n) is 4.40. The number of nitrogens with zero attached hydrogens (tertiary/aromatic N) is 5. The third-order valence-corrected chi connectivity index (χ3v) is 5.90. The van der Waals surface area contributed by atoms with Gasteiger partial charge in [0.2, 0.25) is 0 Å². The number of pyridine rings is 1. The summed E-state index contributed by atoms with van der Waals surface area (Å²) < 4.78 is 7.88. The van der Waals surface area contributed by atoms with Gasteiger partial charge >= 0.3 is 0 Å². The molecule has 0 aliphatic carbocycles. The summed E-state index contributed by atoms with van der Waals surface area (Å²) >= 11 is 0. The lowest BCUT2D eigenvalue weighted by molar-refractivity contribution is -0.00704. The number of amides is 1. The largest absolute Gasteiger partial charge is 0.369 e. The minimum atomic E-state index is -0.0509. The molecule has 0 spiro atoms. The predicted octanol–water partition coefficient (Wildman–Crippen LogP) is 2.04. The molecule has 5 heterocycles. The summed E-state index contributed by atoms with van der Waals surface area (Å²) in [6, 6.07) is 6.01. The van der Waals surface area contributed by atoms with Crippen molar-refractivity contribution in [3.8, 4) is 0 Å². The van der Waals surface area contributed by atoms with E-state index in [1.54, 1.807) is 0 Å². The predicted molar refractivity (Wildman–Crippen MR) is 108 cm³/mol. The van der Waals surface area contributed by atoms with E-state index in [2.05, 4.69) is 26.3 Å². The topological polar surface area (TPSA) is 78.8 Å². The Labute approximate surface area is 169 Å². The number of rotatable bonds is 3. The Bertz CT molecular complexity index is 1000. The Hall–Kier alpha value is -2.71. The molecule has 8 heteroatoms. The average molecular weight is 394 g/mol. The summed E-state index contributed by atoms with van der Waals surface area (Å²) in [5.41, 5.74) is 4.55. The molecule has 152 valence electrons. The standard InChI is InChI=1S/C21H26N6O2/c1-14-11-17-19(15(2)29-14)23-24-20(17)21(28)26-9-7-25(8-10-26)12-16-13-27-6-4-3-5-18(27)22-16/h3-6,13-15H,7-12H2,1-2H3,(H,23,24)/t14-,15+/m1/s1. The van der Waals surface area contributed by atoms with E-state index in [-0.39, 0.29) is 18.1 Å². The van der Waals surface area contributed by atoms with E-state index in [1.165, 1.54) is 0 Å². The third kappa shape index (κ3) is 3.42. The second-order valence-corrected chi connectivity index (χ2v) is 8.02. The van der Waals surface area contributed by atoms with Crippen LogP contribution in [0.2, 0.25) is 0 Å². The number of aromatic amines is 1. The van der Waals surface area contributed by atoms with Gasteiger partial charge in [0.05, 0.1) is 23.6 Å². The van der Waals surface area contributed by atoms with Gasteiger partial charge in [-0.1, -0.05) is 6.07 Å². The van der Waals surface area contributed by atoms with Crippen LogP contribution in [0, 0.1) is 0 Å². The van der Waals surface area contributed by atoms with Crippen LogP contribution in [0.1, 0.15) is 47.4 Å². The molecule has 1 saturated heterocycles. The molecule has 8 nitrogen and oxygen atoms in total. The first-order valence-electron chi connectivity index (χ1n) is 10.3. The summed E-state index contributed by atoms with van der Waals surface area (Å²) in [4.78, 5) is 22.0. The van der Waals surface area contributed by atoms with Crippen LogP contribution in [0.5, 0.6) is 0 Å². The number of carbonyl (C=O) groups is 1. The maximum absolute atomic E-state index is 13.1. The highest BCUT2D eigenvalue weighted by Gasteiger charge is 2.32. The van der Waals surface area contributed by atoms with Gasteiger partial charge in [-0.2, -0.15) is 5.10 Å². The first-order valence-corrected chi connectivity index (χ1v) is 10.3. The highest BCUT2D eigenvalue weighted by Crippen LogP contribution is 2.30. The summed E-state index contributed by atoms with van der Waals surface area (Å²) in [7, 11) is 0. The van der Waals surface area contributed by atoms with Crippen LogP contribution in [0.25, 0.3) is 5.65 Å². The van der Waals surface area contributed by atoms with E-state index in [0.717, 1.165) is 48.7 Å². The van der Waals surface area contributed by atoms with Gasteiger partial charge in [0.15, 0.2) is 5.69 Å². The lowest BCUT2D eigenvalue weighted by Crippen LogP contribution is -2.48. The van der Waals surface area contributed by atoms with Crippen LogP contribution in [-0.2, 0) is 17.7 Å². The molecule has 0 unspecified atom stereocenters. The molecular formula is C21H26N6O2. The molecule has 2 aliphatic heterocycles. The Morgan fingerprint density at radius 2 is 2.07 bits per heavy atom. The second kappa shape index (κ2) is 7.27. The summed E-state index contributed by atoms with van der Waals surface area (Å²) in [6.45, 7) is 7.92. The van der Waals surface area contributed by atoms with Crippen molar-refractivity contribution in [3.05, 3.63) is 53.2 Å². The number of aromatic nitrogens is 4. The van der Waals surface area contributed by atoms with E-state index < -0.39 is 0 Å². The van der Waals surface area contributed by atoms with E-state index >= 15 is 0 Å². The van der Waals surface area contributed by atoms with Crippen molar-refractivity contribution < 1.29 is 9.53 Å². The van der Waals surface area contributed by atoms with Gasteiger partial charge in [-0.3, -0.25) is 14.8 Å². The Morgan fingerprint density at radius 1 is 1.24 bits per heavy atom. The van der Waals surface area contributed by atoms with Crippen molar-refractivity contribution in [2.45, 2.75) is 39.0 Å². The smallest absolute Gasteiger partial charge is 0.274 e.